The van der Waals surface area contributed by atoms with Crippen molar-refractivity contribution in [3.63, 3.8) is 0 Å². The molecule has 0 unspecified atom stereocenters. The Labute approximate surface area is 119 Å². The van der Waals surface area contributed by atoms with Gasteiger partial charge in [-0.2, -0.15) is 0 Å². The minimum atomic E-state index is -0.478. The molecule has 1 heterocycles. The van der Waals surface area contributed by atoms with Crippen molar-refractivity contribution in [3.05, 3.63) is 41.7 Å². The molecule has 4 nitrogen and oxygen atoms in total. The Hall–Kier alpha value is -2.34. The van der Waals surface area contributed by atoms with E-state index in [1.807, 2.05) is 18.2 Å². The van der Waals surface area contributed by atoms with Crippen LogP contribution < -0.4 is 15.8 Å². The molecule has 0 atom stereocenters. The van der Waals surface area contributed by atoms with Gasteiger partial charge in [0.15, 0.2) is 11.6 Å². The van der Waals surface area contributed by atoms with Crippen LogP contribution in [0.3, 0.4) is 0 Å². The average molecular weight is 289 g/mol. The zero-order valence-corrected chi connectivity index (χ0v) is 11.5. The predicted octanol–water partition coefficient (Wildman–Crippen LogP) is 3.77. The number of benzene rings is 2. The summed E-state index contributed by atoms with van der Waals surface area (Å²) in [5.74, 6) is -0.325. The second-order valence-electron chi connectivity index (χ2n) is 4.23. The smallest absolute Gasteiger partial charge is 0.167 e. The maximum atomic E-state index is 13.5. The molecule has 0 spiro atoms. The second kappa shape index (κ2) is 4.97. The number of anilines is 3. The fraction of sp³-hybridized carbons (Fsp3) is 0.0714. The van der Waals surface area contributed by atoms with Gasteiger partial charge < -0.3 is 15.8 Å². The highest BCUT2D eigenvalue weighted by atomic mass is 32.1. The number of aromatic nitrogens is 1. The predicted molar refractivity (Wildman–Crippen MR) is 80.3 cm³/mol. The minimum Gasteiger partial charge on any atom is -0.494 e. The molecule has 2 aromatic carbocycles. The lowest BCUT2D eigenvalue weighted by Gasteiger charge is -2.11. The molecule has 102 valence electrons. The van der Waals surface area contributed by atoms with Crippen LogP contribution in [0.15, 0.2) is 35.8 Å². The molecular weight excluding hydrogens is 277 g/mol. The van der Waals surface area contributed by atoms with Crippen LogP contribution in [0.25, 0.3) is 10.2 Å². The quantitative estimate of drug-likeness (QED) is 0.721. The van der Waals surface area contributed by atoms with Crippen LogP contribution in [-0.2, 0) is 0 Å². The van der Waals surface area contributed by atoms with Gasteiger partial charge in [-0.15, -0.1) is 11.3 Å². The third-order valence-electron chi connectivity index (χ3n) is 2.93. The first-order valence-electron chi connectivity index (χ1n) is 5.90. The average Bonchev–Trinajstić information content (AvgIpc) is 2.89. The van der Waals surface area contributed by atoms with Gasteiger partial charge in [0.05, 0.1) is 34.2 Å². The van der Waals surface area contributed by atoms with E-state index >= 15 is 0 Å². The Morgan fingerprint density at radius 2 is 2.15 bits per heavy atom. The van der Waals surface area contributed by atoms with E-state index in [9.17, 15) is 4.39 Å². The number of hydrogen-bond acceptors (Lipinski definition) is 5. The first-order chi connectivity index (χ1) is 9.67. The van der Waals surface area contributed by atoms with E-state index in [1.54, 1.807) is 22.9 Å². The van der Waals surface area contributed by atoms with Crippen molar-refractivity contribution in [2.24, 2.45) is 0 Å². The van der Waals surface area contributed by atoms with Crippen LogP contribution in [-0.4, -0.2) is 12.1 Å². The summed E-state index contributed by atoms with van der Waals surface area (Å²) in [5, 5.41) is 3.16. The zero-order chi connectivity index (χ0) is 14.1. The minimum absolute atomic E-state index is 0.153. The molecule has 0 amide bonds. The number of thiazole rings is 1. The third-order valence-corrected chi connectivity index (χ3v) is 3.73. The number of rotatable bonds is 3. The molecule has 6 heteroatoms. The van der Waals surface area contributed by atoms with Crippen molar-refractivity contribution in [1.82, 2.24) is 4.98 Å². The fourth-order valence-electron chi connectivity index (χ4n) is 1.92. The monoisotopic (exact) mass is 289 g/mol. The van der Waals surface area contributed by atoms with Crippen molar-refractivity contribution in [1.29, 1.82) is 0 Å². The highest BCUT2D eigenvalue weighted by Gasteiger charge is 2.09. The molecule has 0 fully saturated rings. The number of fused-ring (bicyclic) bond motifs is 1. The van der Waals surface area contributed by atoms with Gasteiger partial charge in [-0.25, -0.2) is 9.37 Å². The third kappa shape index (κ3) is 2.25. The van der Waals surface area contributed by atoms with Crippen LogP contribution in [0.1, 0.15) is 0 Å². The number of halogens is 1. The summed E-state index contributed by atoms with van der Waals surface area (Å²) < 4.78 is 19.5. The van der Waals surface area contributed by atoms with Gasteiger partial charge in [0, 0.05) is 17.8 Å². The highest BCUT2D eigenvalue weighted by molar-refractivity contribution is 7.16. The molecule has 3 N–H and O–H groups in total. The molecular formula is C14H12FN3OS. The molecule has 1 aromatic heterocycles. The van der Waals surface area contributed by atoms with E-state index in [4.69, 9.17) is 10.5 Å². The van der Waals surface area contributed by atoms with Gasteiger partial charge >= 0.3 is 0 Å². The van der Waals surface area contributed by atoms with E-state index in [2.05, 4.69) is 10.3 Å². The zero-order valence-electron chi connectivity index (χ0n) is 10.7. The standard InChI is InChI=1S/C14H12FN3OS/c1-19-13-6-12(10(16)5-9(13)15)18-8-2-3-11-14(4-8)20-7-17-11/h2-7,18H,16H2,1H3. The van der Waals surface area contributed by atoms with Gasteiger partial charge in [-0.1, -0.05) is 0 Å². The summed E-state index contributed by atoms with van der Waals surface area (Å²) in [6.45, 7) is 0. The van der Waals surface area contributed by atoms with Crippen molar-refractivity contribution in [3.8, 4) is 5.75 Å². The van der Waals surface area contributed by atoms with Gasteiger partial charge in [0.1, 0.15) is 0 Å². The van der Waals surface area contributed by atoms with Crippen molar-refractivity contribution in [2.45, 2.75) is 0 Å². The SMILES string of the molecule is COc1cc(Nc2ccc3ncsc3c2)c(N)cc1F. The Kier molecular flexibility index (Phi) is 3.15. The van der Waals surface area contributed by atoms with E-state index in [-0.39, 0.29) is 5.75 Å². The number of nitrogens with one attached hydrogen (secondary N) is 1. The van der Waals surface area contributed by atoms with Crippen molar-refractivity contribution in [2.75, 3.05) is 18.2 Å². The lowest BCUT2D eigenvalue weighted by molar-refractivity contribution is 0.387. The second-order valence-corrected chi connectivity index (χ2v) is 5.12. The summed E-state index contributed by atoms with van der Waals surface area (Å²) >= 11 is 1.56. The molecule has 3 rings (SSSR count). The van der Waals surface area contributed by atoms with Crippen LogP contribution in [0.4, 0.5) is 21.5 Å². The fourth-order valence-corrected chi connectivity index (χ4v) is 2.64. The number of methoxy groups -OCH3 is 1. The normalized spacial score (nSPS) is 10.7. The van der Waals surface area contributed by atoms with Crippen LogP contribution in [0.5, 0.6) is 5.75 Å². The van der Waals surface area contributed by atoms with Crippen LogP contribution >= 0.6 is 11.3 Å². The molecule has 0 saturated heterocycles. The van der Waals surface area contributed by atoms with Crippen LogP contribution in [0.2, 0.25) is 0 Å². The van der Waals surface area contributed by atoms with E-state index in [1.165, 1.54) is 13.2 Å². The molecule has 0 aliphatic carbocycles. The van der Waals surface area contributed by atoms with E-state index in [0.717, 1.165) is 15.9 Å². The molecule has 0 bridgehead atoms. The summed E-state index contributed by atoms with van der Waals surface area (Å²) in [7, 11) is 1.42. The van der Waals surface area contributed by atoms with Gasteiger partial charge in [0.2, 0.25) is 0 Å². The number of nitrogen functional groups attached to an aromatic ring is 1. The molecule has 0 aliphatic heterocycles. The molecule has 0 aliphatic rings. The van der Waals surface area contributed by atoms with Gasteiger partial charge in [-0.3, -0.25) is 0 Å². The van der Waals surface area contributed by atoms with Crippen LogP contribution in [0, 0.1) is 5.82 Å². The highest BCUT2D eigenvalue weighted by Crippen LogP contribution is 2.31. The topological polar surface area (TPSA) is 60.2 Å². The molecule has 3 aromatic rings. The Morgan fingerprint density at radius 1 is 1.30 bits per heavy atom. The maximum Gasteiger partial charge on any atom is 0.167 e. The lowest BCUT2D eigenvalue weighted by atomic mass is 10.2. The molecule has 20 heavy (non-hydrogen) atoms. The Bertz CT molecular complexity index is 772. The molecule has 0 saturated carbocycles. The summed E-state index contributed by atoms with van der Waals surface area (Å²) in [4.78, 5) is 4.22. The van der Waals surface area contributed by atoms with E-state index in [0.29, 0.717) is 11.4 Å². The van der Waals surface area contributed by atoms with E-state index < -0.39 is 5.82 Å². The van der Waals surface area contributed by atoms with Gasteiger partial charge in [0.25, 0.3) is 0 Å². The maximum absolute atomic E-state index is 13.5. The summed E-state index contributed by atoms with van der Waals surface area (Å²) in [6, 6.07) is 8.58. The summed E-state index contributed by atoms with van der Waals surface area (Å²) in [5.41, 5.74) is 10.4. The van der Waals surface area contributed by atoms with Crippen molar-refractivity contribution < 1.29 is 9.13 Å². The number of ether oxygens (including phenoxy) is 1. The number of hydrogen-bond donors (Lipinski definition) is 2. The molecule has 0 radical (unpaired) electrons. The van der Waals surface area contributed by atoms with Gasteiger partial charge in [-0.05, 0) is 18.2 Å². The number of nitrogens with zero attached hydrogens (tertiary/aromatic N) is 1. The summed E-state index contributed by atoms with van der Waals surface area (Å²) in [6.07, 6.45) is 0. The first kappa shape index (κ1) is 12.7. The lowest BCUT2D eigenvalue weighted by Crippen LogP contribution is -1.99. The Morgan fingerprint density at radius 3 is 2.95 bits per heavy atom. The van der Waals surface area contributed by atoms with Crippen molar-refractivity contribution >= 4 is 38.6 Å². The largest absolute Gasteiger partial charge is 0.494 e. The number of nitrogens with two attached hydrogens (primary N) is 1. The first-order valence-corrected chi connectivity index (χ1v) is 6.78. The Balaban J connectivity index is 1.97.